The second-order valence-corrected chi connectivity index (χ2v) is 5.07. The van der Waals surface area contributed by atoms with Crippen LogP contribution in [0.3, 0.4) is 0 Å². The van der Waals surface area contributed by atoms with E-state index < -0.39 is 5.97 Å². The van der Waals surface area contributed by atoms with E-state index in [9.17, 15) is 9.59 Å². The van der Waals surface area contributed by atoms with Gasteiger partial charge in [0.1, 0.15) is 0 Å². The molecule has 6 nitrogen and oxygen atoms in total. The molecule has 0 aromatic carbocycles. The van der Waals surface area contributed by atoms with E-state index >= 15 is 0 Å². The van der Waals surface area contributed by atoms with E-state index in [1.54, 1.807) is 6.92 Å². The van der Waals surface area contributed by atoms with Gasteiger partial charge < -0.3 is 4.74 Å². The van der Waals surface area contributed by atoms with Crippen LogP contribution in [0.2, 0.25) is 0 Å². The van der Waals surface area contributed by atoms with Crippen molar-refractivity contribution in [1.82, 2.24) is 14.6 Å². The number of rotatable bonds is 4. The number of aromatic nitrogens is 3. The van der Waals surface area contributed by atoms with Gasteiger partial charge in [0.15, 0.2) is 5.65 Å². The number of esters is 1. The lowest BCUT2D eigenvalue weighted by molar-refractivity contribution is -0.142. The Kier molecular flexibility index (Phi) is 3.91. The molecule has 0 fully saturated rings. The van der Waals surface area contributed by atoms with Crippen molar-refractivity contribution < 1.29 is 9.53 Å². The van der Waals surface area contributed by atoms with Crippen LogP contribution >= 0.6 is 0 Å². The van der Waals surface area contributed by atoms with Gasteiger partial charge in [-0.1, -0.05) is 18.2 Å². The van der Waals surface area contributed by atoms with Crippen molar-refractivity contribution in [2.45, 2.75) is 26.2 Å². The lowest BCUT2D eigenvalue weighted by atomic mass is 10.0. The Morgan fingerprint density at radius 2 is 2.32 bits per heavy atom. The number of carbonyl (C=O) groups is 1. The first-order chi connectivity index (χ1) is 10.7. The van der Waals surface area contributed by atoms with Crippen molar-refractivity contribution in [3.8, 4) is 0 Å². The first-order valence-electron chi connectivity index (χ1n) is 7.31. The van der Waals surface area contributed by atoms with Gasteiger partial charge in [-0.2, -0.15) is 0 Å². The Morgan fingerprint density at radius 1 is 1.45 bits per heavy atom. The average molecular weight is 299 g/mol. The molecule has 0 aliphatic heterocycles. The molecule has 0 atom stereocenters. The highest BCUT2D eigenvalue weighted by Gasteiger charge is 2.13. The van der Waals surface area contributed by atoms with E-state index in [0.29, 0.717) is 17.8 Å². The maximum atomic E-state index is 12.4. The molecule has 0 saturated carbocycles. The highest BCUT2D eigenvalue weighted by atomic mass is 16.5. The minimum atomic E-state index is -0.425. The smallest absolute Gasteiger partial charge is 0.310 e. The third kappa shape index (κ3) is 2.72. The number of hydrogen-bond acceptors (Lipinski definition) is 4. The van der Waals surface area contributed by atoms with Gasteiger partial charge in [-0.15, -0.1) is 0 Å². The highest BCUT2D eigenvalue weighted by Crippen LogP contribution is 2.20. The largest absolute Gasteiger partial charge is 0.466 e. The molecule has 2 heterocycles. The van der Waals surface area contributed by atoms with Crippen LogP contribution in [0.4, 0.5) is 0 Å². The molecule has 2 aromatic heterocycles. The summed E-state index contributed by atoms with van der Waals surface area (Å²) in [7, 11) is 0. The second kappa shape index (κ2) is 6.01. The summed E-state index contributed by atoms with van der Waals surface area (Å²) < 4.78 is 6.24. The number of H-pyrrole nitrogens is 1. The van der Waals surface area contributed by atoms with Crippen molar-refractivity contribution in [3.05, 3.63) is 52.1 Å². The van der Waals surface area contributed by atoms with Crippen LogP contribution in [0.1, 0.15) is 31.0 Å². The molecule has 0 amide bonds. The van der Waals surface area contributed by atoms with Gasteiger partial charge in [-0.05, 0) is 25.3 Å². The Morgan fingerprint density at radius 3 is 3.05 bits per heavy atom. The summed E-state index contributed by atoms with van der Waals surface area (Å²) in [6.07, 6.45) is 9.64. The lowest BCUT2D eigenvalue weighted by Gasteiger charge is -2.03. The zero-order chi connectivity index (χ0) is 15.5. The fourth-order valence-electron chi connectivity index (χ4n) is 2.45. The monoisotopic (exact) mass is 299 g/mol. The van der Waals surface area contributed by atoms with Gasteiger partial charge in [0.2, 0.25) is 0 Å². The van der Waals surface area contributed by atoms with E-state index in [0.717, 1.165) is 24.1 Å². The molecule has 1 aliphatic rings. The number of carbonyl (C=O) groups excluding carboxylic acids is 1. The Hall–Kier alpha value is -2.63. The Labute approximate surface area is 127 Å². The molecule has 0 saturated heterocycles. The maximum Gasteiger partial charge on any atom is 0.310 e. The molecule has 3 rings (SSSR count). The average Bonchev–Trinajstić information content (AvgIpc) is 2.96. The topological polar surface area (TPSA) is 76.5 Å². The van der Waals surface area contributed by atoms with Crippen molar-refractivity contribution in [2.75, 3.05) is 6.61 Å². The number of aromatic amines is 1. The summed E-state index contributed by atoms with van der Waals surface area (Å²) in [6, 6.07) is 1.83. The SMILES string of the molecule is CCOC(=O)Cc1cnc2cc(C3=CCCC=C3)[nH]n2c1=O. The summed E-state index contributed by atoms with van der Waals surface area (Å²) in [6.45, 7) is 2.03. The lowest BCUT2D eigenvalue weighted by Crippen LogP contribution is -2.22. The first kappa shape index (κ1) is 14.3. The van der Waals surface area contributed by atoms with Crippen molar-refractivity contribution in [3.63, 3.8) is 0 Å². The molecule has 2 aromatic rings. The van der Waals surface area contributed by atoms with E-state index in [1.807, 2.05) is 12.1 Å². The van der Waals surface area contributed by atoms with Gasteiger partial charge in [-0.3, -0.25) is 14.7 Å². The molecule has 0 spiro atoms. The van der Waals surface area contributed by atoms with E-state index in [-0.39, 0.29) is 12.0 Å². The predicted molar refractivity (Wildman–Crippen MR) is 82.5 cm³/mol. The van der Waals surface area contributed by atoms with Gasteiger partial charge in [-0.25, -0.2) is 9.50 Å². The minimum Gasteiger partial charge on any atom is -0.466 e. The molecule has 0 bridgehead atoms. The van der Waals surface area contributed by atoms with Gasteiger partial charge in [0.25, 0.3) is 5.56 Å². The van der Waals surface area contributed by atoms with Crippen molar-refractivity contribution in [1.29, 1.82) is 0 Å². The third-order valence-electron chi connectivity index (χ3n) is 3.51. The second-order valence-electron chi connectivity index (χ2n) is 5.07. The summed E-state index contributed by atoms with van der Waals surface area (Å²) in [5.74, 6) is -0.425. The zero-order valence-corrected chi connectivity index (χ0v) is 12.3. The van der Waals surface area contributed by atoms with Gasteiger partial charge in [0, 0.05) is 17.8 Å². The number of nitrogens with one attached hydrogen (secondary N) is 1. The Bertz CT molecular complexity index is 827. The quantitative estimate of drug-likeness (QED) is 0.874. The number of nitrogens with zero attached hydrogens (tertiary/aromatic N) is 2. The van der Waals surface area contributed by atoms with Crippen LogP contribution in [-0.4, -0.2) is 27.2 Å². The number of allylic oxidation sites excluding steroid dienone is 4. The van der Waals surface area contributed by atoms with Crippen LogP contribution in [-0.2, 0) is 16.0 Å². The minimum absolute atomic E-state index is 0.0699. The number of hydrogen-bond donors (Lipinski definition) is 1. The highest BCUT2D eigenvalue weighted by molar-refractivity contribution is 5.75. The standard InChI is InChI=1S/C16H17N3O3/c1-2-22-15(20)8-12-10-17-14-9-13(18-19(14)16(12)21)11-6-4-3-5-7-11/h4,6-7,9-10,18H,2-3,5,8H2,1H3. The maximum absolute atomic E-state index is 12.4. The first-order valence-corrected chi connectivity index (χ1v) is 7.31. The zero-order valence-electron chi connectivity index (χ0n) is 12.3. The Balaban J connectivity index is 1.97. The normalized spacial score (nSPS) is 14.1. The van der Waals surface area contributed by atoms with Crippen LogP contribution in [0, 0.1) is 0 Å². The molecular formula is C16H17N3O3. The van der Waals surface area contributed by atoms with Crippen LogP contribution in [0.5, 0.6) is 0 Å². The fourth-order valence-corrected chi connectivity index (χ4v) is 2.45. The molecule has 0 radical (unpaired) electrons. The van der Waals surface area contributed by atoms with Gasteiger partial charge >= 0.3 is 5.97 Å². The van der Waals surface area contributed by atoms with Crippen LogP contribution < -0.4 is 5.56 Å². The number of fused-ring (bicyclic) bond motifs is 1. The predicted octanol–water partition coefficient (Wildman–Crippen LogP) is 1.86. The summed E-state index contributed by atoms with van der Waals surface area (Å²) in [5, 5.41) is 3.05. The van der Waals surface area contributed by atoms with E-state index in [1.165, 1.54) is 10.7 Å². The van der Waals surface area contributed by atoms with Crippen molar-refractivity contribution >= 4 is 17.2 Å². The summed E-state index contributed by atoms with van der Waals surface area (Å²) >= 11 is 0. The van der Waals surface area contributed by atoms with E-state index in [2.05, 4.69) is 22.2 Å². The molecule has 1 aliphatic carbocycles. The van der Waals surface area contributed by atoms with Crippen LogP contribution in [0.25, 0.3) is 11.2 Å². The van der Waals surface area contributed by atoms with Crippen LogP contribution in [0.15, 0.2) is 35.3 Å². The summed E-state index contributed by atoms with van der Waals surface area (Å²) in [4.78, 5) is 28.2. The molecule has 1 N–H and O–H groups in total. The fraction of sp³-hybridized carbons (Fsp3) is 0.312. The van der Waals surface area contributed by atoms with Gasteiger partial charge in [0.05, 0.1) is 18.7 Å². The molecular weight excluding hydrogens is 282 g/mol. The summed E-state index contributed by atoms with van der Waals surface area (Å²) in [5.41, 5.74) is 2.46. The molecule has 0 unspecified atom stereocenters. The molecule has 22 heavy (non-hydrogen) atoms. The molecule has 6 heteroatoms. The number of ether oxygens (including phenoxy) is 1. The van der Waals surface area contributed by atoms with E-state index in [4.69, 9.17) is 4.74 Å². The van der Waals surface area contributed by atoms with Crippen molar-refractivity contribution in [2.24, 2.45) is 0 Å². The molecule has 114 valence electrons. The third-order valence-corrected chi connectivity index (χ3v) is 3.51.